The lowest BCUT2D eigenvalue weighted by molar-refractivity contribution is 0.405. The molecular weight excluding hydrogens is 314 g/mol. The van der Waals surface area contributed by atoms with E-state index in [1.165, 1.54) is 5.56 Å². The highest BCUT2D eigenvalue weighted by Gasteiger charge is 2.13. The second kappa shape index (κ2) is 7.10. The Morgan fingerprint density at radius 1 is 1.12 bits per heavy atom. The molecule has 1 N–H and O–H groups in total. The molecule has 0 saturated carbocycles. The van der Waals surface area contributed by atoms with Gasteiger partial charge in [-0.2, -0.15) is 5.26 Å². The number of nitrogens with one attached hydrogen (secondary N) is 1. The molecule has 0 aliphatic rings. The van der Waals surface area contributed by atoms with Crippen molar-refractivity contribution < 1.29 is 9.47 Å². The van der Waals surface area contributed by atoms with Crippen molar-refractivity contribution in [3.8, 4) is 17.6 Å². The summed E-state index contributed by atoms with van der Waals surface area (Å²) in [5.74, 6) is 1.37. The SMILES string of the molecule is CCc1ccc2ncc(C#N)c(Nc3cc(OC)ccc3OC)c2c1. The van der Waals surface area contributed by atoms with Gasteiger partial charge in [-0.1, -0.05) is 13.0 Å². The minimum atomic E-state index is 0.477. The predicted molar refractivity (Wildman–Crippen MR) is 98.7 cm³/mol. The summed E-state index contributed by atoms with van der Waals surface area (Å²) < 4.78 is 10.7. The molecule has 0 amide bonds. The number of rotatable bonds is 5. The van der Waals surface area contributed by atoms with E-state index < -0.39 is 0 Å². The van der Waals surface area contributed by atoms with Crippen molar-refractivity contribution in [1.29, 1.82) is 5.26 Å². The van der Waals surface area contributed by atoms with Crippen LogP contribution >= 0.6 is 0 Å². The van der Waals surface area contributed by atoms with Crippen LogP contribution in [0.4, 0.5) is 11.4 Å². The minimum Gasteiger partial charge on any atom is -0.497 e. The van der Waals surface area contributed by atoms with Gasteiger partial charge in [-0.15, -0.1) is 0 Å². The zero-order valence-electron chi connectivity index (χ0n) is 14.5. The van der Waals surface area contributed by atoms with Crippen molar-refractivity contribution in [2.24, 2.45) is 0 Å². The summed E-state index contributed by atoms with van der Waals surface area (Å²) in [7, 11) is 3.22. The van der Waals surface area contributed by atoms with Gasteiger partial charge < -0.3 is 14.8 Å². The van der Waals surface area contributed by atoms with Crippen LogP contribution in [0.2, 0.25) is 0 Å². The summed E-state index contributed by atoms with van der Waals surface area (Å²) in [5, 5.41) is 13.8. The molecule has 126 valence electrons. The van der Waals surface area contributed by atoms with Crippen LogP contribution in [0.5, 0.6) is 11.5 Å². The number of benzene rings is 2. The summed E-state index contributed by atoms with van der Waals surface area (Å²) in [6.45, 7) is 2.10. The number of pyridine rings is 1. The number of nitrogens with zero attached hydrogens (tertiary/aromatic N) is 2. The van der Waals surface area contributed by atoms with Gasteiger partial charge in [-0.25, -0.2) is 0 Å². The average molecular weight is 333 g/mol. The number of methoxy groups -OCH3 is 2. The van der Waals surface area contributed by atoms with Crippen LogP contribution < -0.4 is 14.8 Å². The van der Waals surface area contributed by atoms with Crippen LogP contribution in [0.1, 0.15) is 18.1 Å². The Balaban J connectivity index is 2.19. The quantitative estimate of drug-likeness (QED) is 0.748. The van der Waals surface area contributed by atoms with E-state index in [1.54, 1.807) is 20.4 Å². The van der Waals surface area contributed by atoms with Gasteiger partial charge in [0.05, 0.1) is 36.7 Å². The molecule has 1 heterocycles. The Bertz CT molecular complexity index is 961. The van der Waals surface area contributed by atoms with Gasteiger partial charge in [0, 0.05) is 17.6 Å². The zero-order chi connectivity index (χ0) is 17.8. The molecule has 25 heavy (non-hydrogen) atoms. The maximum atomic E-state index is 9.52. The Kier molecular flexibility index (Phi) is 4.71. The van der Waals surface area contributed by atoms with Gasteiger partial charge in [-0.3, -0.25) is 4.98 Å². The van der Waals surface area contributed by atoms with E-state index in [1.807, 2.05) is 24.3 Å². The monoisotopic (exact) mass is 333 g/mol. The Labute approximate surface area is 146 Å². The molecule has 0 saturated heterocycles. The summed E-state index contributed by atoms with van der Waals surface area (Å²) in [6, 6.07) is 13.8. The maximum Gasteiger partial charge on any atom is 0.142 e. The third-order valence-electron chi connectivity index (χ3n) is 4.13. The molecule has 0 atom stereocenters. The number of aromatic nitrogens is 1. The first-order valence-electron chi connectivity index (χ1n) is 8.01. The Morgan fingerprint density at radius 3 is 2.64 bits per heavy atom. The van der Waals surface area contributed by atoms with Crippen LogP contribution in [-0.2, 0) is 6.42 Å². The molecule has 3 aromatic rings. The van der Waals surface area contributed by atoms with E-state index in [4.69, 9.17) is 9.47 Å². The Hall–Kier alpha value is -3.26. The molecule has 0 aliphatic heterocycles. The van der Waals surface area contributed by atoms with Crippen LogP contribution in [0.3, 0.4) is 0 Å². The smallest absolute Gasteiger partial charge is 0.142 e. The largest absolute Gasteiger partial charge is 0.497 e. The van der Waals surface area contributed by atoms with Gasteiger partial charge in [-0.05, 0) is 36.2 Å². The first-order chi connectivity index (χ1) is 12.2. The van der Waals surface area contributed by atoms with Crippen molar-refractivity contribution in [3.63, 3.8) is 0 Å². The van der Waals surface area contributed by atoms with E-state index in [-0.39, 0.29) is 0 Å². The van der Waals surface area contributed by atoms with Gasteiger partial charge in [0.2, 0.25) is 0 Å². The highest BCUT2D eigenvalue weighted by Crippen LogP contribution is 2.35. The second-order valence-electron chi connectivity index (χ2n) is 5.55. The van der Waals surface area contributed by atoms with Gasteiger partial charge in [0.15, 0.2) is 0 Å². The lowest BCUT2D eigenvalue weighted by Crippen LogP contribution is -2.00. The Morgan fingerprint density at radius 2 is 1.96 bits per heavy atom. The van der Waals surface area contributed by atoms with Gasteiger partial charge in [0.1, 0.15) is 17.6 Å². The average Bonchev–Trinajstić information content (AvgIpc) is 2.67. The van der Waals surface area contributed by atoms with Crippen molar-refractivity contribution >= 4 is 22.3 Å². The predicted octanol–water partition coefficient (Wildman–Crippen LogP) is 4.43. The highest BCUT2D eigenvalue weighted by atomic mass is 16.5. The molecule has 3 rings (SSSR count). The molecule has 5 nitrogen and oxygen atoms in total. The van der Waals surface area contributed by atoms with E-state index >= 15 is 0 Å². The van der Waals surface area contributed by atoms with Crippen molar-refractivity contribution in [3.05, 3.63) is 53.7 Å². The molecule has 0 bridgehead atoms. The fraction of sp³-hybridized carbons (Fsp3) is 0.200. The van der Waals surface area contributed by atoms with Crippen molar-refractivity contribution in [2.75, 3.05) is 19.5 Å². The third-order valence-corrected chi connectivity index (χ3v) is 4.13. The maximum absolute atomic E-state index is 9.52. The fourth-order valence-corrected chi connectivity index (χ4v) is 2.73. The van der Waals surface area contributed by atoms with Gasteiger partial charge >= 0.3 is 0 Å². The summed E-state index contributed by atoms with van der Waals surface area (Å²) in [4.78, 5) is 4.39. The normalized spacial score (nSPS) is 10.3. The van der Waals surface area contributed by atoms with Crippen LogP contribution in [0, 0.1) is 11.3 Å². The van der Waals surface area contributed by atoms with Gasteiger partial charge in [0.25, 0.3) is 0 Å². The first kappa shape index (κ1) is 16.6. The number of anilines is 2. The summed E-state index contributed by atoms with van der Waals surface area (Å²) in [5.41, 5.74) is 3.94. The van der Waals surface area contributed by atoms with E-state index in [0.29, 0.717) is 22.7 Å². The van der Waals surface area contributed by atoms with Crippen LogP contribution in [0.15, 0.2) is 42.6 Å². The van der Waals surface area contributed by atoms with Crippen LogP contribution in [-0.4, -0.2) is 19.2 Å². The molecule has 0 fully saturated rings. The fourth-order valence-electron chi connectivity index (χ4n) is 2.73. The standard InChI is InChI=1S/C20H19N3O2/c1-4-13-5-7-17-16(9-13)20(14(11-21)12-22-17)23-18-10-15(24-2)6-8-19(18)25-3/h5-10,12H,4H2,1-3H3,(H,22,23). The number of fused-ring (bicyclic) bond motifs is 1. The second-order valence-corrected chi connectivity index (χ2v) is 5.55. The number of hydrogen-bond acceptors (Lipinski definition) is 5. The van der Waals surface area contributed by atoms with Crippen molar-refractivity contribution in [2.45, 2.75) is 13.3 Å². The van der Waals surface area contributed by atoms with Crippen molar-refractivity contribution in [1.82, 2.24) is 4.98 Å². The third kappa shape index (κ3) is 3.20. The first-order valence-corrected chi connectivity index (χ1v) is 8.01. The zero-order valence-corrected chi connectivity index (χ0v) is 14.5. The highest BCUT2D eigenvalue weighted by molar-refractivity contribution is 5.96. The molecule has 0 unspecified atom stereocenters. The van der Waals surface area contributed by atoms with E-state index in [0.717, 1.165) is 23.0 Å². The molecule has 1 aromatic heterocycles. The molecular formula is C20H19N3O2. The molecule has 0 aliphatic carbocycles. The van der Waals surface area contributed by atoms with E-state index in [9.17, 15) is 5.26 Å². The number of nitriles is 1. The lowest BCUT2D eigenvalue weighted by Gasteiger charge is -2.15. The summed E-state index contributed by atoms with van der Waals surface area (Å²) in [6.07, 6.45) is 2.50. The number of ether oxygens (including phenoxy) is 2. The molecule has 0 spiro atoms. The topological polar surface area (TPSA) is 67.2 Å². The summed E-state index contributed by atoms with van der Waals surface area (Å²) >= 11 is 0. The number of hydrogen-bond donors (Lipinski definition) is 1. The lowest BCUT2D eigenvalue weighted by atomic mass is 10.0. The minimum absolute atomic E-state index is 0.477. The molecule has 5 heteroatoms. The van der Waals surface area contributed by atoms with Crippen LogP contribution in [0.25, 0.3) is 10.9 Å². The molecule has 0 radical (unpaired) electrons. The van der Waals surface area contributed by atoms with E-state index in [2.05, 4.69) is 35.4 Å². The number of aryl methyl sites for hydroxylation is 1. The molecule has 2 aromatic carbocycles.